The quantitative estimate of drug-likeness (QED) is 0.672. The highest BCUT2D eigenvalue weighted by Crippen LogP contribution is 2.33. The molecule has 0 spiro atoms. The summed E-state index contributed by atoms with van der Waals surface area (Å²) in [5.74, 6) is 1.02. The van der Waals surface area contributed by atoms with Gasteiger partial charge >= 0.3 is 0 Å². The lowest BCUT2D eigenvalue weighted by molar-refractivity contribution is 0.100. The molecule has 0 radical (unpaired) electrons. The summed E-state index contributed by atoms with van der Waals surface area (Å²) in [6.45, 7) is 2.05. The molecule has 3 aromatic rings. The highest BCUT2D eigenvalue weighted by atomic mass is 16.3. The van der Waals surface area contributed by atoms with Crippen LogP contribution in [0.15, 0.2) is 24.5 Å². The summed E-state index contributed by atoms with van der Waals surface area (Å²) in [4.78, 5) is 26.0. The first-order chi connectivity index (χ1) is 12.2. The number of aromatic nitrogens is 3. The van der Waals surface area contributed by atoms with Gasteiger partial charge in [-0.3, -0.25) is 4.79 Å². The zero-order valence-corrected chi connectivity index (χ0v) is 13.9. The number of rotatable bonds is 4. The number of nitrogens with one attached hydrogen (secondary N) is 1. The van der Waals surface area contributed by atoms with Crippen LogP contribution in [0.4, 0.5) is 5.82 Å². The lowest BCUT2D eigenvalue weighted by atomic mass is 9.94. The Bertz CT molecular complexity index is 928. The van der Waals surface area contributed by atoms with Gasteiger partial charge in [0.1, 0.15) is 17.8 Å². The molecule has 7 heteroatoms. The van der Waals surface area contributed by atoms with Gasteiger partial charge in [0.15, 0.2) is 0 Å². The number of nitrogens with two attached hydrogens (primary N) is 1. The number of carbonyl (C=O) groups is 1. The van der Waals surface area contributed by atoms with Crippen molar-refractivity contribution >= 4 is 33.7 Å². The molecule has 1 aliphatic rings. The lowest BCUT2D eigenvalue weighted by Crippen LogP contribution is -2.34. The van der Waals surface area contributed by atoms with Gasteiger partial charge in [-0.15, -0.1) is 0 Å². The van der Waals surface area contributed by atoms with E-state index in [1.807, 2.05) is 12.1 Å². The fourth-order valence-corrected chi connectivity index (χ4v) is 3.72. The van der Waals surface area contributed by atoms with E-state index in [2.05, 4.69) is 19.9 Å². The van der Waals surface area contributed by atoms with E-state index in [-0.39, 0.29) is 6.61 Å². The minimum Gasteiger partial charge on any atom is -0.396 e. The van der Waals surface area contributed by atoms with Gasteiger partial charge < -0.3 is 20.7 Å². The Labute approximate surface area is 144 Å². The molecule has 1 fully saturated rings. The molecule has 0 atom stereocenters. The maximum absolute atomic E-state index is 11.5. The van der Waals surface area contributed by atoms with Crippen LogP contribution in [0.3, 0.4) is 0 Å². The van der Waals surface area contributed by atoms with Crippen LogP contribution in [-0.2, 0) is 0 Å². The second-order valence-electron chi connectivity index (χ2n) is 6.61. The third-order valence-corrected chi connectivity index (χ3v) is 5.11. The molecule has 7 nitrogen and oxygen atoms in total. The maximum Gasteiger partial charge on any atom is 0.248 e. The van der Waals surface area contributed by atoms with Crippen molar-refractivity contribution in [1.82, 2.24) is 15.0 Å². The Kier molecular flexibility index (Phi) is 4.01. The number of amides is 1. The van der Waals surface area contributed by atoms with E-state index >= 15 is 0 Å². The number of fused-ring (bicyclic) bond motifs is 3. The number of primary amides is 1. The minimum absolute atomic E-state index is 0.251. The SMILES string of the molecule is NC(=O)c1ccc2[nH]c3ncnc(N4CCC(CCO)CC4)c3c2c1. The van der Waals surface area contributed by atoms with Crippen molar-refractivity contribution in [2.75, 3.05) is 24.6 Å². The molecule has 0 unspecified atom stereocenters. The summed E-state index contributed by atoms with van der Waals surface area (Å²) in [7, 11) is 0. The topological polar surface area (TPSA) is 108 Å². The van der Waals surface area contributed by atoms with Crippen LogP contribution in [-0.4, -0.2) is 45.7 Å². The maximum atomic E-state index is 11.5. The van der Waals surface area contributed by atoms with Gasteiger partial charge in [-0.1, -0.05) is 0 Å². The molecule has 1 aromatic carbocycles. The molecule has 1 saturated heterocycles. The largest absolute Gasteiger partial charge is 0.396 e. The first-order valence-corrected chi connectivity index (χ1v) is 8.59. The third kappa shape index (κ3) is 2.80. The molecule has 130 valence electrons. The van der Waals surface area contributed by atoms with Crippen LogP contribution >= 0.6 is 0 Å². The molecule has 4 rings (SSSR count). The standard InChI is InChI=1S/C18H21N5O2/c19-16(25)12-1-2-14-13(9-12)15-17(22-14)20-10-21-18(15)23-6-3-11(4-7-23)5-8-24/h1-2,9-11,24H,3-8H2,(H2,19,25)(H,20,21,22). The molecule has 1 aliphatic heterocycles. The summed E-state index contributed by atoms with van der Waals surface area (Å²) >= 11 is 0. The minimum atomic E-state index is -0.445. The van der Waals surface area contributed by atoms with Crippen molar-refractivity contribution in [3.05, 3.63) is 30.1 Å². The van der Waals surface area contributed by atoms with Crippen molar-refractivity contribution in [2.24, 2.45) is 11.7 Å². The number of anilines is 1. The summed E-state index contributed by atoms with van der Waals surface area (Å²) < 4.78 is 0. The van der Waals surface area contributed by atoms with Gasteiger partial charge in [-0.2, -0.15) is 0 Å². The van der Waals surface area contributed by atoms with Gasteiger partial charge in [0.05, 0.1) is 5.39 Å². The molecule has 1 amide bonds. The second-order valence-corrected chi connectivity index (χ2v) is 6.61. The first kappa shape index (κ1) is 15.8. The fourth-order valence-electron chi connectivity index (χ4n) is 3.72. The van der Waals surface area contributed by atoms with E-state index in [1.54, 1.807) is 12.4 Å². The predicted octanol–water partition coefficient (Wildman–Crippen LogP) is 1.81. The van der Waals surface area contributed by atoms with E-state index in [9.17, 15) is 4.79 Å². The number of aromatic amines is 1. The van der Waals surface area contributed by atoms with E-state index < -0.39 is 5.91 Å². The van der Waals surface area contributed by atoms with Crippen LogP contribution in [0.1, 0.15) is 29.6 Å². The van der Waals surface area contributed by atoms with Crippen LogP contribution in [0.5, 0.6) is 0 Å². The number of aliphatic hydroxyl groups excluding tert-OH is 1. The normalized spacial score (nSPS) is 16.0. The fraction of sp³-hybridized carbons (Fsp3) is 0.389. The van der Waals surface area contributed by atoms with Gasteiger partial charge in [0.2, 0.25) is 5.91 Å². The monoisotopic (exact) mass is 339 g/mol. The predicted molar refractivity (Wildman–Crippen MR) is 96.6 cm³/mol. The molecule has 0 saturated carbocycles. The first-order valence-electron chi connectivity index (χ1n) is 8.59. The molecule has 3 heterocycles. The van der Waals surface area contributed by atoms with Gasteiger partial charge in [-0.05, 0) is 43.4 Å². The van der Waals surface area contributed by atoms with E-state index in [4.69, 9.17) is 10.8 Å². The van der Waals surface area contributed by atoms with Crippen molar-refractivity contribution in [1.29, 1.82) is 0 Å². The average Bonchev–Trinajstić information content (AvgIpc) is 3.00. The number of aliphatic hydroxyl groups is 1. The van der Waals surface area contributed by atoms with E-state index in [0.29, 0.717) is 11.5 Å². The number of nitrogens with zero attached hydrogens (tertiary/aromatic N) is 3. The molecule has 0 bridgehead atoms. The number of benzene rings is 1. The van der Waals surface area contributed by atoms with Crippen LogP contribution in [0, 0.1) is 5.92 Å². The van der Waals surface area contributed by atoms with E-state index in [0.717, 1.165) is 60.1 Å². The molecule has 25 heavy (non-hydrogen) atoms. The second kappa shape index (κ2) is 6.33. The number of H-pyrrole nitrogens is 1. The Morgan fingerprint density at radius 2 is 2.12 bits per heavy atom. The Hall–Kier alpha value is -2.67. The van der Waals surface area contributed by atoms with Crippen molar-refractivity contribution < 1.29 is 9.90 Å². The molecular formula is C18H21N5O2. The number of hydrogen-bond donors (Lipinski definition) is 3. The van der Waals surface area contributed by atoms with Gasteiger partial charge in [-0.25, -0.2) is 9.97 Å². The average molecular weight is 339 g/mol. The summed E-state index contributed by atoms with van der Waals surface area (Å²) in [5.41, 5.74) is 7.58. The lowest BCUT2D eigenvalue weighted by Gasteiger charge is -2.32. The van der Waals surface area contributed by atoms with Crippen molar-refractivity contribution in [2.45, 2.75) is 19.3 Å². The van der Waals surface area contributed by atoms with Crippen molar-refractivity contribution in [3.63, 3.8) is 0 Å². The summed E-state index contributed by atoms with van der Waals surface area (Å²) in [6, 6.07) is 5.38. The number of hydrogen-bond acceptors (Lipinski definition) is 5. The molecule has 0 aliphatic carbocycles. The summed E-state index contributed by atoms with van der Waals surface area (Å²) in [6.07, 6.45) is 4.52. The van der Waals surface area contributed by atoms with Crippen LogP contribution in [0.25, 0.3) is 21.9 Å². The third-order valence-electron chi connectivity index (χ3n) is 5.11. The molecule has 4 N–H and O–H groups in total. The highest BCUT2D eigenvalue weighted by molar-refractivity contribution is 6.13. The Balaban J connectivity index is 1.77. The van der Waals surface area contributed by atoms with Gasteiger partial charge in [0, 0.05) is 36.2 Å². The van der Waals surface area contributed by atoms with Crippen molar-refractivity contribution in [3.8, 4) is 0 Å². The zero-order chi connectivity index (χ0) is 17.4. The smallest absolute Gasteiger partial charge is 0.248 e. The number of piperidine rings is 1. The van der Waals surface area contributed by atoms with Crippen LogP contribution in [0.2, 0.25) is 0 Å². The summed E-state index contributed by atoms with van der Waals surface area (Å²) in [5, 5.41) is 11.0. The van der Waals surface area contributed by atoms with E-state index in [1.165, 1.54) is 0 Å². The highest BCUT2D eigenvalue weighted by Gasteiger charge is 2.23. The molecule has 2 aromatic heterocycles. The Morgan fingerprint density at radius 3 is 2.84 bits per heavy atom. The zero-order valence-electron chi connectivity index (χ0n) is 13.9. The van der Waals surface area contributed by atoms with Gasteiger partial charge in [0.25, 0.3) is 0 Å². The Morgan fingerprint density at radius 1 is 1.32 bits per heavy atom. The number of carbonyl (C=O) groups excluding carboxylic acids is 1. The van der Waals surface area contributed by atoms with Crippen LogP contribution < -0.4 is 10.6 Å². The molecular weight excluding hydrogens is 318 g/mol.